The summed E-state index contributed by atoms with van der Waals surface area (Å²) in [5, 5.41) is 2.32. The van der Waals surface area contributed by atoms with Crippen molar-refractivity contribution in [2.45, 2.75) is 20.8 Å². The number of esters is 2. The van der Waals surface area contributed by atoms with Gasteiger partial charge in [0.1, 0.15) is 11.3 Å². The Balaban J connectivity index is 2.13. The van der Waals surface area contributed by atoms with Crippen LogP contribution in [-0.2, 0) is 14.3 Å². The molecule has 0 aliphatic heterocycles. The number of carbonyl (C=O) groups is 4. The second-order valence-electron chi connectivity index (χ2n) is 5.37. The predicted molar refractivity (Wildman–Crippen MR) is 92.6 cm³/mol. The van der Waals surface area contributed by atoms with Gasteiger partial charge in [-0.2, -0.15) is 0 Å². The van der Waals surface area contributed by atoms with Crippen molar-refractivity contribution in [2.75, 3.05) is 18.5 Å². The predicted octanol–water partition coefficient (Wildman–Crippen LogP) is 2.16. The molecule has 0 radical (unpaired) electrons. The number of carbonyl (C=O) groups excluding carboxylic acids is 4. The summed E-state index contributed by atoms with van der Waals surface area (Å²) in [7, 11) is 0. The number of rotatable bonds is 7. The summed E-state index contributed by atoms with van der Waals surface area (Å²) >= 11 is 0. The lowest BCUT2D eigenvalue weighted by atomic mass is 10.1. The number of ketones is 1. The fourth-order valence-corrected chi connectivity index (χ4v) is 2.32. The number of amides is 1. The summed E-state index contributed by atoms with van der Waals surface area (Å²) < 4.78 is 15.1. The molecule has 0 saturated heterocycles. The topological polar surface area (TPSA) is 125 Å². The molecule has 2 aromatic heterocycles. The van der Waals surface area contributed by atoms with Crippen LogP contribution in [-0.4, -0.2) is 41.8 Å². The second-order valence-corrected chi connectivity index (χ2v) is 5.37. The van der Waals surface area contributed by atoms with E-state index in [4.69, 9.17) is 13.9 Å². The van der Waals surface area contributed by atoms with E-state index in [1.165, 1.54) is 38.4 Å². The van der Waals surface area contributed by atoms with Crippen LogP contribution in [0.4, 0.5) is 5.88 Å². The Kier molecular flexibility index (Phi) is 6.42. The van der Waals surface area contributed by atoms with Crippen LogP contribution in [0, 0.1) is 6.92 Å². The molecule has 2 aromatic rings. The van der Waals surface area contributed by atoms with E-state index >= 15 is 0 Å². The molecule has 9 heteroatoms. The third kappa shape index (κ3) is 4.78. The monoisotopic (exact) mass is 374 g/mol. The molecule has 1 amide bonds. The van der Waals surface area contributed by atoms with E-state index in [0.29, 0.717) is 0 Å². The Morgan fingerprint density at radius 3 is 2.33 bits per heavy atom. The molecule has 27 heavy (non-hydrogen) atoms. The van der Waals surface area contributed by atoms with Gasteiger partial charge in [-0.15, -0.1) is 0 Å². The maximum atomic E-state index is 12.2. The minimum Gasteiger partial charge on any atom is -0.462 e. The van der Waals surface area contributed by atoms with E-state index in [1.54, 1.807) is 6.92 Å². The normalized spacial score (nSPS) is 10.2. The van der Waals surface area contributed by atoms with E-state index in [-0.39, 0.29) is 34.9 Å². The molecule has 0 aromatic carbocycles. The Morgan fingerprint density at radius 2 is 1.74 bits per heavy atom. The quantitative estimate of drug-likeness (QED) is 0.577. The summed E-state index contributed by atoms with van der Waals surface area (Å²) in [5.74, 6) is -2.74. The number of furan rings is 1. The van der Waals surface area contributed by atoms with Gasteiger partial charge >= 0.3 is 11.9 Å². The molecular formula is C18H18N2O7. The molecular weight excluding hydrogens is 356 g/mol. The lowest BCUT2D eigenvalue weighted by molar-refractivity contribution is -0.119. The fourth-order valence-electron chi connectivity index (χ4n) is 2.32. The van der Waals surface area contributed by atoms with Crippen LogP contribution >= 0.6 is 0 Å². The first-order chi connectivity index (χ1) is 12.8. The van der Waals surface area contributed by atoms with Crippen molar-refractivity contribution in [1.29, 1.82) is 0 Å². The first kappa shape index (κ1) is 19.8. The van der Waals surface area contributed by atoms with Gasteiger partial charge < -0.3 is 13.9 Å². The van der Waals surface area contributed by atoms with Gasteiger partial charge in [-0.3, -0.25) is 19.9 Å². The first-order valence-corrected chi connectivity index (χ1v) is 8.03. The van der Waals surface area contributed by atoms with Crippen molar-refractivity contribution in [3.8, 4) is 0 Å². The second kappa shape index (κ2) is 8.75. The zero-order valence-corrected chi connectivity index (χ0v) is 15.0. The van der Waals surface area contributed by atoms with Crippen molar-refractivity contribution >= 4 is 29.5 Å². The van der Waals surface area contributed by atoms with E-state index < -0.39 is 30.2 Å². The van der Waals surface area contributed by atoms with Gasteiger partial charge in [-0.1, -0.05) is 0 Å². The van der Waals surface area contributed by atoms with Crippen LogP contribution in [0.3, 0.4) is 0 Å². The van der Waals surface area contributed by atoms with Crippen LogP contribution in [0.15, 0.2) is 28.9 Å². The third-order valence-corrected chi connectivity index (χ3v) is 3.42. The van der Waals surface area contributed by atoms with Gasteiger partial charge in [0.25, 0.3) is 5.91 Å². The summed E-state index contributed by atoms with van der Waals surface area (Å²) in [6, 6.07) is 2.88. The minimum absolute atomic E-state index is 0.0255. The molecule has 2 heterocycles. The van der Waals surface area contributed by atoms with E-state index in [9.17, 15) is 19.2 Å². The number of nitrogens with zero attached hydrogens (tertiary/aromatic N) is 1. The van der Waals surface area contributed by atoms with Gasteiger partial charge in [0, 0.05) is 12.4 Å². The zero-order chi connectivity index (χ0) is 20.0. The highest BCUT2D eigenvalue weighted by Crippen LogP contribution is 2.28. The molecule has 0 atom stereocenters. The molecule has 0 fully saturated rings. The molecule has 0 bridgehead atoms. The Labute approximate surface area is 154 Å². The number of hydrogen-bond donors (Lipinski definition) is 1. The number of aryl methyl sites for hydroxylation is 1. The first-order valence-electron chi connectivity index (χ1n) is 8.03. The van der Waals surface area contributed by atoms with Crippen LogP contribution in [0.25, 0.3) is 0 Å². The van der Waals surface area contributed by atoms with Gasteiger partial charge in [-0.25, -0.2) is 9.59 Å². The molecule has 0 spiro atoms. The lowest BCUT2D eigenvalue weighted by Gasteiger charge is -2.07. The maximum absolute atomic E-state index is 12.2. The van der Waals surface area contributed by atoms with Crippen molar-refractivity contribution in [3.05, 3.63) is 47.0 Å². The Hall–Kier alpha value is -3.49. The van der Waals surface area contributed by atoms with E-state index in [1.807, 2.05) is 0 Å². The number of Topliss-reactive ketones (excluding diaryl/α,β-unsaturated/α-hetero) is 1. The highest BCUT2D eigenvalue weighted by Gasteiger charge is 2.28. The SMILES string of the molecule is CCOC(=O)c1c(NC(=O)COC(=O)c2ccncc2)oc(C)c1C(C)=O. The Bertz CT molecular complexity index is 871. The fraction of sp³-hybridized carbons (Fsp3) is 0.278. The smallest absolute Gasteiger partial charge is 0.344 e. The highest BCUT2D eigenvalue weighted by atomic mass is 16.5. The number of hydrogen-bond acceptors (Lipinski definition) is 8. The van der Waals surface area contributed by atoms with E-state index in [2.05, 4.69) is 10.3 Å². The van der Waals surface area contributed by atoms with Crippen molar-refractivity contribution in [3.63, 3.8) is 0 Å². The Morgan fingerprint density at radius 1 is 1.07 bits per heavy atom. The minimum atomic E-state index is -0.802. The molecule has 1 N–H and O–H groups in total. The average molecular weight is 374 g/mol. The standard InChI is InChI=1S/C18H18N2O7/c1-4-25-18(24)15-14(10(2)21)11(3)27-16(15)20-13(22)9-26-17(23)12-5-7-19-8-6-12/h5-8H,4,9H2,1-3H3,(H,20,22). The molecule has 2 rings (SSSR count). The van der Waals surface area contributed by atoms with Gasteiger partial charge in [0.2, 0.25) is 5.88 Å². The largest absolute Gasteiger partial charge is 0.462 e. The van der Waals surface area contributed by atoms with Crippen molar-refractivity contribution in [1.82, 2.24) is 4.98 Å². The van der Waals surface area contributed by atoms with Gasteiger partial charge in [-0.05, 0) is 32.9 Å². The number of ether oxygens (including phenoxy) is 2. The van der Waals surface area contributed by atoms with Crippen LogP contribution in [0.1, 0.15) is 50.7 Å². The summed E-state index contributed by atoms with van der Waals surface area (Å²) in [6.07, 6.45) is 2.83. The van der Waals surface area contributed by atoms with Crippen LogP contribution in [0.2, 0.25) is 0 Å². The lowest BCUT2D eigenvalue weighted by Crippen LogP contribution is -2.22. The molecule has 0 aliphatic carbocycles. The molecule has 0 unspecified atom stereocenters. The van der Waals surface area contributed by atoms with Crippen molar-refractivity contribution in [2.24, 2.45) is 0 Å². The van der Waals surface area contributed by atoms with Gasteiger partial charge in [0.15, 0.2) is 12.4 Å². The molecule has 0 aliphatic rings. The van der Waals surface area contributed by atoms with Crippen molar-refractivity contribution < 1.29 is 33.1 Å². The number of pyridine rings is 1. The zero-order valence-electron chi connectivity index (χ0n) is 15.0. The summed E-state index contributed by atoms with van der Waals surface area (Å²) in [4.78, 5) is 51.7. The molecule has 9 nitrogen and oxygen atoms in total. The number of aromatic nitrogens is 1. The third-order valence-electron chi connectivity index (χ3n) is 3.42. The number of nitrogens with one attached hydrogen (secondary N) is 1. The summed E-state index contributed by atoms with van der Waals surface area (Å²) in [5.41, 5.74) is 0.0888. The highest BCUT2D eigenvalue weighted by molar-refractivity contribution is 6.10. The van der Waals surface area contributed by atoms with Crippen LogP contribution in [0.5, 0.6) is 0 Å². The van der Waals surface area contributed by atoms with Crippen LogP contribution < -0.4 is 5.32 Å². The van der Waals surface area contributed by atoms with E-state index in [0.717, 1.165) is 0 Å². The number of anilines is 1. The molecule has 0 saturated carbocycles. The summed E-state index contributed by atoms with van der Waals surface area (Å²) in [6.45, 7) is 3.83. The average Bonchev–Trinajstić information content (AvgIpc) is 2.96. The molecule has 142 valence electrons. The van der Waals surface area contributed by atoms with Gasteiger partial charge in [0.05, 0.1) is 17.7 Å². The maximum Gasteiger partial charge on any atom is 0.344 e.